The van der Waals surface area contributed by atoms with Crippen molar-refractivity contribution in [2.75, 3.05) is 18.0 Å². The van der Waals surface area contributed by atoms with E-state index < -0.39 is 16.1 Å². The summed E-state index contributed by atoms with van der Waals surface area (Å²) < 4.78 is 39.5. The van der Waals surface area contributed by atoms with Crippen LogP contribution in [-0.2, 0) is 14.8 Å². The number of carbonyl (C=O) groups is 1. The van der Waals surface area contributed by atoms with E-state index in [4.69, 9.17) is 9.47 Å². The third-order valence-corrected chi connectivity index (χ3v) is 8.18. The number of carbonyl (C=O) groups excluding carboxylic acids is 1. The van der Waals surface area contributed by atoms with Crippen molar-refractivity contribution in [3.8, 4) is 11.5 Å². The molecule has 0 fully saturated rings. The van der Waals surface area contributed by atoms with Gasteiger partial charge in [0.15, 0.2) is 6.10 Å². The van der Waals surface area contributed by atoms with E-state index in [1.54, 1.807) is 36.4 Å². The highest BCUT2D eigenvalue weighted by molar-refractivity contribution is 7.92. The number of hydrogen-bond donors (Lipinski definition) is 1. The minimum Gasteiger partial charge on any atom is -0.497 e. The third-order valence-electron chi connectivity index (χ3n) is 6.38. The Morgan fingerprint density at radius 2 is 1.69 bits per heavy atom. The van der Waals surface area contributed by atoms with Crippen LogP contribution >= 0.6 is 0 Å². The van der Waals surface area contributed by atoms with Crippen molar-refractivity contribution in [1.29, 1.82) is 0 Å². The highest BCUT2D eigenvalue weighted by Gasteiger charge is 2.38. The van der Waals surface area contributed by atoms with Gasteiger partial charge in [0.05, 0.1) is 30.3 Å². The number of amides is 1. The van der Waals surface area contributed by atoms with E-state index in [2.05, 4.69) is 24.4 Å². The fourth-order valence-electron chi connectivity index (χ4n) is 4.27. The van der Waals surface area contributed by atoms with Gasteiger partial charge in [-0.15, -0.1) is 0 Å². The molecule has 0 aromatic heterocycles. The number of para-hydroxylation sites is 2. The molecule has 0 unspecified atom stereocenters. The number of ether oxygens (including phenoxy) is 2. The van der Waals surface area contributed by atoms with E-state index in [9.17, 15) is 13.2 Å². The summed E-state index contributed by atoms with van der Waals surface area (Å²) in [5.74, 6) is 0.518. The van der Waals surface area contributed by atoms with Crippen LogP contribution in [0.25, 0.3) is 0 Å². The van der Waals surface area contributed by atoms with E-state index >= 15 is 0 Å². The van der Waals surface area contributed by atoms with E-state index in [1.807, 2.05) is 20.8 Å². The summed E-state index contributed by atoms with van der Waals surface area (Å²) in [6.45, 7) is 7.88. The molecule has 2 atom stereocenters. The van der Waals surface area contributed by atoms with Gasteiger partial charge in [-0.25, -0.2) is 8.42 Å². The van der Waals surface area contributed by atoms with Gasteiger partial charge in [0, 0.05) is 0 Å². The van der Waals surface area contributed by atoms with Gasteiger partial charge in [-0.2, -0.15) is 0 Å². The lowest BCUT2D eigenvalue weighted by atomic mass is 9.96. The van der Waals surface area contributed by atoms with Crippen molar-refractivity contribution in [2.45, 2.75) is 44.7 Å². The molecule has 35 heavy (non-hydrogen) atoms. The molecule has 8 heteroatoms. The molecule has 3 aromatic rings. The van der Waals surface area contributed by atoms with Crippen LogP contribution in [0.15, 0.2) is 65.6 Å². The Labute approximate surface area is 206 Å². The number of benzene rings is 3. The molecule has 0 saturated heterocycles. The van der Waals surface area contributed by atoms with E-state index in [0.29, 0.717) is 17.2 Å². The summed E-state index contributed by atoms with van der Waals surface area (Å²) >= 11 is 0. The molecule has 0 bridgehead atoms. The largest absolute Gasteiger partial charge is 0.497 e. The second kappa shape index (κ2) is 9.62. The summed E-state index contributed by atoms with van der Waals surface area (Å²) in [7, 11) is -2.43. The maximum absolute atomic E-state index is 13.6. The van der Waals surface area contributed by atoms with Crippen molar-refractivity contribution < 1.29 is 22.7 Å². The van der Waals surface area contributed by atoms with Crippen molar-refractivity contribution in [3.05, 3.63) is 82.9 Å². The van der Waals surface area contributed by atoms with Crippen LogP contribution in [0.2, 0.25) is 0 Å². The quantitative estimate of drug-likeness (QED) is 0.547. The summed E-state index contributed by atoms with van der Waals surface area (Å²) in [6, 6.07) is 16.9. The molecule has 4 rings (SSSR count). The number of methoxy groups -OCH3 is 1. The summed E-state index contributed by atoms with van der Waals surface area (Å²) in [4.78, 5) is 13.4. The molecule has 1 amide bonds. The standard InChI is InChI=1S/C27H30N2O5S/c1-17-14-19(3)23(15-18(17)2)20(4)28-27(30)26-16-29(24-8-6-7-9-25(24)34-26)35(31,32)22-12-10-21(33-5)11-13-22/h6-15,20,26H,16H2,1-5H3,(H,28,30)/t20-,26-/m0/s1. The topological polar surface area (TPSA) is 84.9 Å². The van der Waals surface area contributed by atoms with Crippen LogP contribution in [0.5, 0.6) is 11.5 Å². The predicted molar refractivity (Wildman–Crippen MR) is 136 cm³/mol. The first-order valence-corrected chi connectivity index (χ1v) is 12.9. The molecule has 1 aliphatic rings. The Kier molecular flexibility index (Phi) is 6.76. The summed E-state index contributed by atoms with van der Waals surface area (Å²) in [5, 5.41) is 3.01. The molecule has 1 heterocycles. The smallest absolute Gasteiger partial charge is 0.264 e. The predicted octanol–water partition coefficient (Wildman–Crippen LogP) is 4.45. The van der Waals surface area contributed by atoms with Gasteiger partial charge < -0.3 is 14.8 Å². The SMILES string of the molecule is COc1ccc(S(=O)(=O)N2C[C@@H](C(=O)N[C@@H](C)c3cc(C)c(C)cc3C)Oc3ccccc32)cc1. The molecule has 1 N–H and O–H groups in total. The minimum absolute atomic E-state index is 0.105. The molecule has 184 valence electrons. The molecule has 3 aromatic carbocycles. The molecule has 0 aliphatic carbocycles. The minimum atomic E-state index is -3.95. The zero-order valence-corrected chi connectivity index (χ0v) is 21.3. The maximum atomic E-state index is 13.6. The molecular weight excluding hydrogens is 464 g/mol. The lowest BCUT2D eigenvalue weighted by Gasteiger charge is -2.35. The zero-order valence-electron chi connectivity index (χ0n) is 20.5. The maximum Gasteiger partial charge on any atom is 0.264 e. The van der Waals surface area contributed by atoms with Crippen molar-refractivity contribution in [2.24, 2.45) is 0 Å². The molecule has 0 radical (unpaired) electrons. The number of aryl methyl sites for hydroxylation is 3. The third kappa shape index (κ3) is 4.84. The second-order valence-electron chi connectivity index (χ2n) is 8.81. The number of sulfonamides is 1. The number of nitrogens with zero attached hydrogens (tertiary/aromatic N) is 1. The summed E-state index contributed by atoms with van der Waals surface area (Å²) in [5.41, 5.74) is 4.83. The highest BCUT2D eigenvalue weighted by Crippen LogP contribution is 2.37. The van der Waals surface area contributed by atoms with E-state index in [0.717, 1.165) is 16.7 Å². The van der Waals surface area contributed by atoms with Crippen LogP contribution in [0.3, 0.4) is 0 Å². The number of anilines is 1. The van der Waals surface area contributed by atoms with Crippen LogP contribution in [0, 0.1) is 20.8 Å². The van der Waals surface area contributed by atoms with Gasteiger partial charge >= 0.3 is 0 Å². The van der Waals surface area contributed by atoms with Crippen molar-refractivity contribution in [3.63, 3.8) is 0 Å². The van der Waals surface area contributed by atoms with Crippen LogP contribution in [0.4, 0.5) is 5.69 Å². The number of hydrogen-bond acceptors (Lipinski definition) is 5. The first kappa shape index (κ1) is 24.6. The number of rotatable bonds is 6. The van der Waals surface area contributed by atoms with Crippen LogP contribution in [-0.4, -0.2) is 34.1 Å². The Bertz CT molecular complexity index is 1350. The molecule has 0 spiro atoms. The highest BCUT2D eigenvalue weighted by atomic mass is 32.2. The van der Waals surface area contributed by atoms with E-state index in [-0.39, 0.29) is 23.4 Å². The number of nitrogens with one attached hydrogen (secondary N) is 1. The first-order chi connectivity index (χ1) is 16.6. The van der Waals surface area contributed by atoms with Crippen molar-refractivity contribution in [1.82, 2.24) is 5.32 Å². The monoisotopic (exact) mass is 494 g/mol. The summed E-state index contributed by atoms with van der Waals surface area (Å²) in [6.07, 6.45) is -1.01. The van der Waals surface area contributed by atoms with Crippen LogP contribution < -0.4 is 19.1 Å². The van der Waals surface area contributed by atoms with Gasteiger partial charge in [0.1, 0.15) is 11.5 Å². The molecular formula is C27H30N2O5S. The Balaban J connectivity index is 1.62. The van der Waals surface area contributed by atoms with Gasteiger partial charge in [-0.05, 0) is 86.3 Å². The molecule has 7 nitrogen and oxygen atoms in total. The Hall–Kier alpha value is -3.52. The first-order valence-electron chi connectivity index (χ1n) is 11.4. The average Bonchev–Trinajstić information content (AvgIpc) is 2.85. The molecule has 0 saturated carbocycles. The fraction of sp³-hybridized carbons (Fsp3) is 0.296. The lowest BCUT2D eigenvalue weighted by Crippen LogP contribution is -2.51. The van der Waals surface area contributed by atoms with Gasteiger partial charge in [-0.1, -0.05) is 24.3 Å². The molecule has 1 aliphatic heterocycles. The fourth-order valence-corrected chi connectivity index (χ4v) is 5.75. The van der Waals surface area contributed by atoms with E-state index in [1.165, 1.54) is 29.1 Å². The second-order valence-corrected chi connectivity index (χ2v) is 10.7. The van der Waals surface area contributed by atoms with Gasteiger partial charge in [-0.3, -0.25) is 9.10 Å². The van der Waals surface area contributed by atoms with Gasteiger partial charge in [0.2, 0.25) is 0 Å². The van der Waals surface area contributed by atoms with Gasteiger partial charge in [0.25, 0.3) is 15.9 Å². The Morgan fingerprint density at radius 1 is 1.03 bits per heavy atom. The zero-order chi connectivity index (χ0) is 25.3. The van der Waals surface area contributed by atoms with Crippen LogP contribution in [0.1, 0.15) is 35.2 Å². The normalized spacial score (nSPS) is 16.1. The lowest BCUT2D eigenvalue weighted by molar-refractivity contribution is -0.128. The average molecular weight is 495 g/mol. The Morgan fingerprint density at radius 3 is 2.37 bits per heavy atom. The number of fused-ring (bicyclic) bond motifs is 1. The van der Waals surface area contributed by atoms with Crippen molar-refractivity contribution >= 4 is 21.6 Å².